The van der Waals surface area contributed by atoms with Crippen molar-refractivity contribution in [2.24, 2.45) is 0 Å². The first-order chi connectivity index (χ1) is 5.02. The van der Waals surface area contributed by atoms with E-state index in [4.69, 9.17) is 5.11 Å². The molecule has 0 spiro atoms. The normalized spacial score (nSPS) is 24.3. The number of hydrazine groups is 1. The minimum absolute atomic E-state index is 0. The predicted octanol–water partition coefficient (Wildman–Crippen LogP) is -2.48. The van der Waals surface area contributed by atoms with E-state index in [0.717, 1.165) is 6.54 Å². The van der Waals surface area contributed by atoms with Gasteiger partial charge < -0.3 is 6.53 Å². The molecule has 0 radical (unpaired) electrons. The Kier molecular flexibility index (Phi) is 4.28. The van der Waals surface area contributed by atoms with Crippen molar-refractivity contribution >= 4 is 5.97 Å². The van der Waals surface area contributed by atoms with E-state index < -0.39 is 5.97 Å². The van der Waals surface area contributed by atoms with Crippen molar-refractivity contribution in [3.05, 3.63) is 0 Å². The molecule has 1 atom stereocenters. The van der Waals surface area contributed by atoms with Gasteiger partial charge in [0.25, 0.3) is 0 Å². The van der Waals surface area contributed by atoms with Gasteiger partial charge in [0.05, 0.1) is 5.66 Å². The summed E-state index contributed by atoms with van der Waals surface area (Å²) in [5, 5.41) is 10.4. The van der Waals surface area contributed by atoms with Gasteiger partial charge in [-0.3, -0.25) is 4.79 Å². The minimum Gasteiger partial charge on any atom is -1.00 e. The topological polar surface area (TPSA) is 62.2 Å². The van der Waals surface area contributed by atoms with Crippen LogP contribution in [0.15, 0.2) is 0 Å². The van der Waals surface area contributed by atoms with Crippen LogP contribution < -0.4 is 24.3 Å². The molecule has 0 amide bonds. The summed E-state index contributed by atoms with van der Waals surface area (Å²) >= 11 is 0. The SMILES string of the molecule is CC1(C)NN1CCCC(=O)O.[H-].[Li+]. The number of aliphatic carboxylic acids is 1. The zero-order valence-corrected chi connectivity index (χ0v) is 7.92. The van der Waals surface area contributed by atoms with Gasteiger partial charge in [-0.25, -0.2) is 10.4 Å². The number of carboxylic acids is 1. The van der Waals surface area contributed by atoms with Gasteiger partial charge in [-0.1, -0.05) is 0 Å². The van der Waals surface area contributed by atoms with Crippen LogP contribution in [0.25, 0.3) is 0 Å². The van der Waals surface area contributed by atoms with Crippen molar-refractivity contribution in [2.75, 3.05) is 6.54 Å². The van der Waals surface area contributed by atoms with Crippen molar-refractivity contribution in [1.29, 1.82) is 0 Å². The fourth-order valence-electron chi connectivity index (χ4n) is 1.03. The van der Waals surface area contributed by atoms with Crippen LogP contribution in [0, 0.1) is 0 Å². The molecule has 0 saturated carbocycles. The van der Waals surface area contributed by atoms with Gasteiger partial charge >= 0.3 is 24.8 Å². The zero-order chi connectivity index (χ0) is 8.48. The Labute approximate surface area is 85.9 Å². The smallest absolute Gasteiger partial charge is 1.00 e. The third-order valence-corrected chi connectivity index (χ3v) is 1.81. The molecule has 12 heavy (non-hydrogen) atoms. The summed E-state index contributed by atoms with van der Waals surface area (Å²) < 4.78 is 0. The molecule has 1 aliphatic heterocycles. The molecule has 1 aliphatic rings. The summed E-state index contributed by atoms with van der Waals surface area (Å²) in [7, 11) is 0. The maximum absolute atomic E-state index is 10.1. The maximum Gasteiger partial charge on any atom is 1.00 e. The summed E-state index contributed by atoms with van der Waals surface area (Å²) in [6.07, 6.45) is 0.972. The molecule has 0 aromatic rings. The monoisotopic (exact) mass is 166 g/mol. The Morgan fingerprint density at radius 2 is 2.17 bits per heavy atom. The third kappa shape index (κ3) is 3.59. The van der Waals surface area contributed by atoms with Crippen molar-refractivity contribution in [1.82, 2.24) is 10.4 Å². The second-order valence-electron chi connectivity index (χ2n) is 3.32. The van der Waals surface area contributed by atoms with Gasteiger partial charge in [-0.15, -0.1) is 0 Å². The average molecular weight is 166 g/mol. The number of nitrogens with zero attached hydrogens (tertiary/aromatic N) is 1. The molecule has 5 heteroatoms. The number of hydrogen-bond donors (Lipinski definition) is 2. The van der Waals surface area contributed by atoms with Crippen LogP contribution in [0.5, 0.6) is 0 Å². The van der Waals surface area contributed by atoms with E-state index in [-0.39, 0.29) is 32.4 Å². The molecule has 1 unspecified atom stereocenters. The number of hydrogen-bond acceptors (Lipinski definition) is 3. The number of rotatable bonds is 4. The Balaban J connectivity index is 0. The van der Waals surface area contributed by atoms with E-state index >= 15 is 0 Å². The Hall–Kier alpha value is -0.0126. The molecule has 1 heterocycles. The van der Waals surface area contributed by atoms with Crippen LogP contribution in [0.2, 0.25) is 0 Å². The van der Waals surface area contributed by atoms with Gasteiger partial charge in [0.1, 0.15) is 0 Å². The number of carboxylic acid groups (broad SMARTS) is 1. The van der Waals surface area contributed by atoms with Crippen molar-refractivity contribution in [2.45, 2.75) is 32.4 Å². The van der Waals surface area contributed by atoms with Gasteiger partial charge in [0.2, 0.25) is 0 Å². The molecular weight excluding hydrogens is 151 g/mol. The van der Waals surface area contributed by atoms with Gasteiger partial charge in [0, 0.05) is 13.0 Å². The number of nitrogens with one attached hydrogen (secondary N) is 1. The largest absolute Gasteiger partial charge is 1.00 e. The van der Waals surface area contributed by atoms with Crippen molar-refractivity contribution in [3.8, 4) is 0 Å². The van der Waals surface area contributed by atoms with E-state index in [1.807, 2.05) is 5.01 Å². The first-order valence-corrected chi connectivity index (χ1v) is 3.79. The molecule has 0 aromatic heterocycles. The fourth-order valence-corrected chi connectivity index (χ4v) is 1.03. The maximum atomic E-state index is 10.1. The van der Waals surface area contributed by atoms with E-state index in [1.54, 1.807) is 0 Å². The molecule has 1 rings (SSSR count). The summed E-state index contributed by atoms with van der Waals surface area (Å²) in [5.41, 5.74) is 3.22. The first-order valence-electron chi connectivity index (χ1n) is 3.79. The van der Waals surface area contributed by atoms with Crippen LogP contribution in [-0.4, -0.2) is 28.3 Å². The molecule has 0 bridgehead atoms. The standard InChI is InChI=1S/C7H14N2O2.Li.H/c1-7(2)8-9(7)5-3-4-6(10)11;;/h8H,3-5H2,1-2H3,(H,10,11);;/q;+1;-1. The Morgan fingerprint density at radius 1 is 1.67 bits per heavy atom. The van der Waals surface area contributed by atoms with Gasteiger partial charge in [-0.2, -0.15) is 0 Å². The molecule has 0 aromatic carbocycles. The predicted molar refractivity (Wildman–Crippen MR) is 41.9 cm³/mol. The fraction of sp³-hybridized carbons (Fsp3) is 0.857. The van der Waals surface area contributed by atoms with Crippen molar-refractivity contribution < 1.29 is 30.2 Å². The first kappa shape index (κ1) is 12.0. The van der Waals surface area contributed by atoms with Crippen LogP contribution in [-0.2, 0) is 4.79 Å². The van der Waals surface area contributed by atoms with Crippen LogP contribution >= 0.6 is 0 Å². The molecule has 0 aliphatic carbocycles. The van der Waals surface area contributed by atoms with Crippen LogP contribution in [0.3, 0.4) is 0 Å². The van der Waals surface area contributed by atoms with Crippen LogP contribution in [0.4, 0.5) is 0 Å². The van der Waals surface area contributed by atoms with E-state index in [1.165, 1.54) is 0 Å². The zero-order valence-electron chi connectivity index (χ0n) is 8.92. The number of carbonyl (C=O) groups is 1. The van der Waals surface area contributed by atoms with Crippen LogP contribution in [0.1, 0.15) is 28.1 Å². The quantitative estimate of drug-likeness (QED) is 0.359. The summed E-state index contributed by atoms with van der Waals surface area (Å²) in [6, 6.07) is 0. The molecule has 1 fully saturated rings. The third-order valence-electron chi connectivity index (χ3n) is 1.81. The van der Waals surface area contributed by atoms with E-state index in [0.29, 0.717) is 6.42 Å². The van der Waals surface area contributed by atoms with E-state index in [9.17, 15) is 4.79 Å². The molecule has 4 nitrogen and oxygen atoms in total. The second kappa shape index (κ2) is 4.29. The summed E-state index contributed by atoms with van der Waals surface area (Å²) in [5.74, 6) is -0.718. The summed E-state index contributed by atoms with van der Waals surface area (Å²) in [4.78, 5) is 10.1. The Morgan fingerprint density at radius 3 is 2.50 bits per heavy atom. The molecular formula is C7H15LiN2O2. The van der Waals surface area contributed by atoms with Gasteiger partial charge in [0.15, 0.2) is 0 Å². The molecule has 2 N–H and O–H groups in total. The van der Waals surface area contributed by atoms with E-state index in [2.05, 4.69) is 19.3 Å². The second-order valence-corrected chi connectivity index (χ2v) is 3.32. The van der Waals surface area contributed by atoms with Gasteiger partial charge in [-0.05, 0) is 20.3 Å². The summed E-state index contributed by atoms with van der Waals surface area (Å²) in [6.45, 7) is 4.95. The molecule has 1 saturated heterocycles. The van der Waals surface area contributed by atoms with Crippen molar-refractivity contribution in [3.63, 3.8) is 0 Å². The average Bonchev–Trinajstić information content (AvgIpc) is 2.39. The molecule has 66 valence electrons. The minimum atomic E-state index is -0.718. The Bertz CT molecular complexity index is 178.